The lowest BCUT2D eigenvalue weighted by molar-refractivity contribution is -0.116. The summed E-state index contributed by atoms with van der Waals surface area (Å²) in [4.78, 5) is 13.9. The van der Waals surface area contributed by atoms with Crippen LogP contribution in [0.3, 0.4) is 0 Å². The van der Waals surface area contributed by atoms with E-state index in [1.54, 1.807) is 14.2 Å². The molecule has 37 heavy (non-hydrogen) atoms. The molecule has 0 fully saturated rings. The van der Waals surface area contributed by atoms with Crippen LogP contribution in [0.1, 0.15) is 48.3 Å². The molecular formula is C30H29NO6. The second kappa shape index (κ2) is 9.39. The summed E-state index contributed by atoms with van der Waals surface area (Å²) in [5.41, 5.74) is 5.78. The molecule has 1 aliphatic carbocycles. The standard InChI is InChI=1S/C30H29NO6/c1-4-35-20-8-5-17(6-9-20)29-21-14-27-28(37-16-36-27)15-22(21)31-23-11-19(12-24(32)30(23)29)18-7-10-25(33-2)26(13-18)34-3/h5-10,13-15,19,29,31H,4,11-12,16H2,1-3H3. The summed E-state index contributed by atoms with van der Waals surface area (Å²) < 4.78 is 27.9. The first-order chi connectivity index (χ1) is 18.1. The molecule has 2 heterocycles. The molecule has 0 amide bonds. The first-order valence-electron chi connectivity index (χ1n) is 12.5. The van der Waals surface area contributed by atoms with Gasteiger partial charge < -0.3 is 29.0 Å². The summed E-state index contributed by atoms with van der Waals surface area (Å²) >= 11 is 0. The molecule has 0 radical (unpaired) electrons. The molecule has 0 bridgehead atoms. The highest BCUT2D eigenvalue weighted by atomic mass is 16.7. The fourth-order valence-electron chi connectivity index (χ4n) is 5.62. The largest absolute Gasteiger partial charge is 0.494 e. The van der Waals surface area contributed by atoms with Gasteiger partial charge in [0, 0.05) is 35.4 Å². The third-order valence-electron chi connectivity index (χ3n) is 7.34. The molecule has 2 atom stereocenters. The number of rotatable bonds is 6. The quantitative estimate of drug-likeness (QED) is 0.460. The average Bonchev–Trinajstić information content (AvgIpc) is 3.38. The van der Waals surface area contributed by atoms with Crippen LogP contribution < -0.4 is 29.0 Å². The number of Topliss-reactive ketones (excluding diaryl/α,β-unsaturated/α-hetero) is 1. The van der Waals surface area contributed by atoms with Crippen molar-refractivity contribution in [2.75, 3.05) is 32.9 Å². The highest BCUT2D eigenvalue weighted by Gasteiger charge is 2.39. The van der Waals surface area contributed by atoms with Crippen LogP contribution >= 0.6 is 0 Å². The maximum absolute atomic E-state index is 13.9. The van der Waals surface area contributed by atoms with Gasteiger partial charge in [-0.15, -0.1) is 0 Å². The minimum absolute atomic E-state index is 0.0232. The second-order valence-electron chi connectivity index (χ2n) is 9.39. The van der Waals surface area contributed by atoms with Gasteiger partial charge >= 0.3 is 0 Å². The fraction of sp³-hybridized carbons (Fsp3) is 0.300. The van der Waals surface area contributed by atoms with Gasteiger partial charge in [0.2, 0.25) is 6.79 Å². The molecule has 7 nitrogen and oxygen atoms in total. The number of ether oxygens (including phenoxy) is 5. The molecule has 190 valence electrons. The van der Waals surface area contributed by atoms with Gasteiger partial charge in [-0.3, -0.25) is 4.79 Å². The van der Waals surface area contributed by atoms with Gasteiger partial charge in [-0.1, -0.05) is 18.2 Å². The maximum atomic E-state index is 13.9. The van der Waals surface area contributed by atoms with Gasteiger partial charge in [0.05, 0.1) is 20.8 Å². The average molecular weight is 500 g/mol. The maximum Gasteiger partial charge on any atom is 0.231 e. The summed E-state index contributed by atoms with van der Waals surface area (Å²) in [6.07, 6.45) is 1.13. The van der Waals surface area contributed by atoms with Crippen molar-refractivity contribution in [1.29, 1.82) is 0 Å². The van der Waals surface area contributed by atoms with Crippen molar-refractivity contribution in [3.8, 4) is 28.7 Å². The number of anilines is 1. The molecule has 3 aromatic rings. The van der Waals surface area contributed by atoms with Crippen molar-refractivity contribution in [1.82, 2.24) is 0 Å². The molecule has 0 saturated carbocycles. The molecule has 0 spiro atoms. The summed E-state index contributed by atoms with van der Waals surface area (Å²) in [5.74, 6) is 3.50. The number of hydrogen-bond donors (Lipinski definition) is 1. The summed E-state index contributed by atoms with van der Waals surface area (Å²) in [5, 5.41) is 3.58. The van der Waals surface area contributed by atoms with Gasteiger partial charge in [0.1, 0.15) is 5.75 Å². The van der Waals surface area contributed by atoms with Crippen molar-refractivity contribution in [2.45, 2.75) is 31.6 Å². The van der Waals surface area contributed by atoms with Crippen molar-refractivity contribution in [3.63, 3.8) is 0 Å². The number of methoxy groups -OCH3 is 2. The Balaban J connectivity index is 1.43. The van der Waals surface area contributed by atoms with Crippen LogP contribution in [0, 0.1) is 0 Å². The van der Waals surface area contributed by atoms with E-state index in [1.807, 2.05) is 61.5 Å². The van der Waals surface area contributed by atoms with Gasteiger partial charge in [0.25, 0.3) is 0 Å². The Bertz CT molecular complexity index is 1390. The van der Waals surface area contributed by atoms with Crippen molar-refractivity contribution in [2.24, 2.45) is 0 Å². The number of hydrogen-bond acceptors (Lipinski definition) is 7. The minimum atomic E-state index is -0.213. The Hall–Kier alpha value is -4.13. The lowest BCUT2D eigenvalue weighted by atomic mass is 9.72. The number of carbonyl (C=O) groups excluding carboxylic acids is 1. The predicted octanol–water partition coefficient (Wildman–Crippen LogP) is 5.79. The number of fused-ring (bicyclic) bond motifs is 2. The molecule has 6 rings (SSSR count). The van der Waals surface area contributed by atoms with Gasteiger partial charge in [-0.25, -0.2) is 0 Å². The molecule has 7 heteroatoms. The third-order valence-corrected chi connectivity index (χ3v) is 7.34. The third kappa shape index (κ3) is 4.04. The van der Waals surface area contributed by atoms with Crippen LogP contribution in [0.5, 0.6) is 28.7 Å². The van der Waals surface area contributed by atoms with Crippen LogP contribution in [-0.2, 0) is 4.79 Å². The Labute approximate surface area is 215 Å². The molecule has 3 aliphatic rings. The Kier molecular flexibility index (Phi) is 5.91. The van der Waals surface area contributed by atoms with Crippen molar-refractivity contribution in [3.05, 3.63) is 82.6 Å². The Morgan fingerprint density at radius 1 is 0.892 bits per heavy atom. The highest BCUT2D eigenvalue weighted by Crippen LogP contribution is 2.51. The van der Waals surface area contributed by atoms with E-state index in [1.165, 1.54) is 0 Å². The predicted molar refractivity (Wildman–Crippen MR) is 139 cm³/mol. The molecule has 2 aliphatic heterocycles. The number of allylic oxidation sites excluding steroid dienone is 2. The zero-order chi connectivity index (χ0) is 25.5. The van der Waals surface area contributed by atoms with E-state index in [9.17, 15) is 4.79 Å². The zero-order valence-electron chi connectivity index (χ0n) is 21.1. The summed E-state index contributed by atoms with van der Waals surface area (Å²) in [7, 11) is 3.24. The molecule has 0 aromatic heterocycles. The van der Waals surface area contributed by atoms with Crippen molar-refractivity contribution >= 4 is 11.5 Å². The van der Waals surface area contributed by atoms with Crippen LogP contribution in [-0.4, -0.2) is 33.4 Å². The Morgan fingerprint density at radius 2 is 1.62 bits per heavy atom. The summed E-state index contributed by atoms with van der Waals surface area (Å²) in [6.45, 7) is 2.76. The second-order valence-corrected chi connectivity index (χ2v) is 9.39. The van der Waals surface area contributed by atoms with Crippen LogP contribution in [0.25, 0.3) is 0 Å². The van der Waals surface area contributed by atoms with Gasteiger partial charge in [-0.05, 0) is 66.3 Å². The number of ketones is 1. The van der Waals surface area contributed by atoms with E-state index in [-0.39, 0.29) is 24.4 Å². The van der Waals surface area contributed by atoms with Crippen LogP contribution in [0.4, 0.5) is 5.69 Å². The van der Waals surface area contributed by atoms with E-state index in [2.05, 4.69) is 5.32 Å². The SMILES string of the molecule is CCOc1ccc(C2C3=C(CC(c4ccc(OC)c(OC)c4)CC3=O)Nc3cc4c(cc32)OCO4)cc1. The molecule has 3 aromatic carbocycles. The monoisotopic (exact) mass is 499 g/mol. The molecule has 1 N–H and O–H groups in total. The van der Waals surface area contributed by atoms with Gasteiger partial charge in [-0.2, -0.15) is 0 Å². The van der Waals surface area contributed by atoms with E-state index >= 15 is 0 Å². The number of nitrogens with one attached hydrogen (secondary N) is 1. The number of benzene rings is 3. The highest BCUT2D eigenvalue weighted by molar-refractivity contribution is 6.02. The first kappa shape index (κ1) is 23.3. The lowest BCUT2D eigenvalue weighted by Crippen LogP contribution is -2.29. The fourth-order valence-corrected chi connectivity index (χ4v) is 5.62. The Morgan fingerprint density at radius 3 is 2.35 bits per heavy atom. The van der Waals surface area contributed by atoms with E-state index in [4.69, 9.17) is 23.7 Å². The lowest BCUT2D eigenvalue weighted by Gasteiger charge is -2.37. The van der Waals surface area contributed by atoms with Crippen LogP contribution in [0.15, 0.2) is 65.9 Å². The van der Waals surface area contributed by atoms with Gasteiger partial charge in [0.15, 0.2) is 28.8 Å². The van der Waals surface area contributed by atoms with E-state index in [0.717, 1.165) is 39.4 Å². The normalized spacial score (nSPS) is 19.6. The van der Waals surface area contributed by atoms with Crippen LogP contribution in [0.2, 0.25) is 0 Å². The van der Waals surface area contributed by atoms with E-state index in [0.29, 0.717) is 42.4 Å². The molecule has 2 unspecified atom stereocenters. The minimum Gasteiger partial charge on any atom is -0.494 e. The zero-order valence-corrected chi connectivity index (χ0v) is 21.1. The topological polar surface area (TPSA) is 75.3 Å². The molecular weight excluding hydrogens is 470 g/mol. The van der Waals surface area contributed by atoms with E-state index < -0.39 is 0 Å². The smallest absolute Gasteiger partial charge is 0.231 e. The summed E-state index contributed by atoms with van der Waals surface area (Å²) in [6, 6.07) is 17.9. The number of carbonyl (C=O) groups is 1. The first-order valence-corrected chi connectivity index (χ1v) is 12.5. The van der Waals surface area contributed by atoms with Crippen molar-refractivity contribution < 1.29 is 28.5 Å². The molecule has 0 saturated heterocycles.